The Labute approximate surface area is 98.4 Å². The van der Waals surface area contributed by atoms with Crippen LogP contribution in [0.5, 0.6) is 5.75 Å². The van der Waals surface area contributed by atoms with E-state index in [1.54, 1.807) is 11.5 Å². The highest BCUT2D eigenvalue weighted by atomic mass is 32.1. The average molecular weight is 225 g/mol. The van der Waals surface area contributed by atoms with Crippen molar-refractivity contribution in [1.82, 2.24) is 0 Å². The normalized spacial score (nSPS) is 12.7. The van der Waals surface area contributed by atoms with E-state index < -0.39 is 0 Å². The van der Waals surface area contributed by atoms with Crippen molar-refractivity contribution >= 4 is 39.6 Å². The second-order valence-electron chi connectivity index (χ2n) is 3.80. The number of benzene rings is 3. The fourth-order valence-corrected chi connectivity index (χ4v) is 2.40. The van der Waals surface area contributed by atoms with Gasteiger partial charge in [0, 0.05) is 10.8 Å². The van der Waals surface area contributed by atoms with Crippen LogP contribution in [0.2, 0.25) is 0 Å². The van der Waals surface area contributed by atoms with Crippen LogP contribution in [0.25, 0.3) is 27.0 Å². The molecule has 16 heavy (non-hydrogen) atoms. The van der Waals surface area contributed by atoms with Crippen molar-refractivity contribution in [2.24, 2.45) is 0 Å². The highest BCUT2D eigenvalue weighted by molar-refractivity contribution is 7.88. The molecule has 2 heteroatoms. The van der Waals surface area contributed by atoms with E-state index in [0.717, 1.165) is 26.8 Å². The molecule has 0 bridgehead atoms. The van der Waals surface area contributed by atoms with Gasteiger partial charge in [-0.2, -0.15) is 12.6 Å². The molecule has 77 valence electrons. The van der Waals surface area contributed by atoms with Gasteiger partial charge in [-0.25, -0.2) is 0 Å². The highest BCUT2D eigenvalue weighted by Crippen LogP contribution is 2.30. The van der Waals surface area contributed by atoms with Gasteiger partial charge in [-0.1, -0.05) is 36.4 Å². The molecule has 0 heterocycles. The fraction of sp³-hybridized carbons (Fsp3) is 0. The molecule has 3 aromatic carbocycles. The van der Waals surface area contributed by atoms with Gasteiger partial charge >= 0.3 is 0 Å². The van der Waals surface area contributed by atoms with E-state index in [1.807, 2.05) is 36.4 Å². The first-order valence-electron chi connectivity index (χ1n) is 5.07. The molecule has 0 saturated heterocycles. The summed E-state index contributed by atoms with van der Waals surface area (Å²) in [6, 6.07) is 13.5. The van der Waals surface area contributed by atoms with Gasteiger partial charge in [0.1, 0.15) is 0 Å². The van der Waals surface area contributed by atoms with E-state index >= 15 is 0 Å². The number of hydrogen-bond acceptors (Lipinski definition) is 1. The summed E-state index contributed by atoms with van der Waals surface area (Å²) in [7, 11) is 0. The Balaban J connectivity index is 2.75. The first kappa shape index (κ1) is 9.55. The summed E-state index contributed by atoms with van der Waals surface area (Å²) in [6.07, 6.45) is 0. The van der Waals surface area contributed by atoms with Crippen molar-refractivity contribution in [2.45, 2.75) is 0 Å². The molecule has 3 aromatic rings. The van der Waals surface area contributed by atoms with Crippen molar-refractivity contribution in [2.75, 3.05) is 0 Å². The van der Waals surface area contributed by atoms with Gasteiger partial charge in [-0.15, -0.1) is 0 Å². The average Bonchev–Trinajstić information content (AvgIpc) is 2.33. The molecule has 0 spiro atoms. The molecule has 0 N–H and O–H groups in total. The molecule has 1 nitrogen and oxygen atoms in total. The molecule has 0 unspecified atom stereocenters. The van der Waals surface area contributed by atoms with E-state index in [4.69, 9.17) is 0 Å². The Kier molecular flexibility index (Phi) is 2.04. The molecule has 3 rings (SSSR count). The van der Waals surface area contributed by atoms with Crippen LogP contribution in [0, 0.1) is 0 Å². The summed E-state index contributed by atoms with van der Waals surface area (Å²) in [5.41, 5.74) is 0. The highest BCUT2D eigenvalue weighted by Gasteiger charge is 2.07. The summed E-state index contributed by atoms with van der Waals surface area (Å²) in [5.74, 6) is 0.0598. The first-order valence-corrected chi connectivity index (χ1v) is 5.58. The molecular formula is C14H9OS. The predicted octanol–water partition coefficient (Wildman–Crippen LogP) is 3.52. The molecule has 0 aliphatic rings. The lowest BCUT2D eigenvalue weighted by Gasteiger charge is -2.06. The Morgan fingerprint density at radius 1 is 1.00 bits per heavy atom. The molecule has 0 amide bonds. The van der Waals surface area contributed by atoms with Crippen LogP contribution in [0.1, 0.15) is 0 Å². The molecule has 1 radical (unpaired) electrons. The second kappa shape index (κ2) is 3.42. The van der Waals surface area contributed by atoms with Crippen LogP contribution in [0.15, 0.2) is 42.5 Å². The van der Waals surface area contributed by atoms with Crippen LogP contribution >= 0.6 is 12.6 Å². The second-order valence-corrected chi connectivity index (χ2v) is 4.06. The fourth-order valence-electron chi connectivity index (χ4n) is 2.19. The number of hydrogen-bond donors (Lipinski definition) is 1. The summed E-state index contributed by atoms with van der Waals surface area (Å²) in [4.78, 5) is 0. The standard InChI is InChI=1S/C14H9OS/c15-13-7-10(8-16)11-5-1-3-9-4-2-6-12(13)14(9)11/h1-8,16H. The molecule has 0 aliphatic carbocycles. The minimum Gasteiger partial charge on any atom is -0.289 e. The quantitative estimate of drug-likeness (QED) is 0.565. The third-order valence-electron chi connectivity index (χ3n) is 2.91. The summed E-state index contributed by atoms with van der Waals surface area (Å²) in [6.45, 7) is 0. The number of thiol groups is 1. The van der Waals surface area contributed by atoms with Crippen molar-refractivity contribution in [3.05, 3.63) is 47.7 Å². The molecule has 0 aliphatic heterocycles. The summed E-state index contributed by atoms with van der Waals surface area (Å²) < 4.78 is 0. The zero-order chi connectivity index (χ0) is 11.1. The number of rotatable bonds is 0. The third-order valence-corrected chi connectivity index (χ3v) is 3.19. The maximum atomic E-state index is 11.9. The molecule has 0 saturated carbocycles. The van der Waals surface area contributed by atoms with Gasteiger partial charge in [0.15, 0.2) is 5.75 Å². The lowest BCUT2D eigenvalue weighted by Crippen LogP contribution is -2.00. The molecular weight excluding hydrogens is 216 g/mol. The zero-order valence-electron chi connectivity index (χ0n) is 8.47. The summed E-state index contributed by atoms with van der Waals surface area (Å²) >= 11 is 4.16. The van der Waals surface area contributed by atoms with Gasteiger partial charge in [-0.05, 0) is 27.5 Å². The third kappa shape index (κ3) is 1.20. The topological polar surface area (TPSA) is 19.9 Å². The van der Waals surface area contributed by atoms with Crippen molar-refractivity contribution in [1.29, 1.82) is 0 Å². The van der Waals surface area contributed by atoms with Gasteiger partial charge in [0.05, 0.1) is 0 Å². The Hall–Kier alpha value is -1.67. The van der Waals surface area contributed by atoms with Crippen LogP contribution in [0.3, 0.4) is 0 Å². The predicted molar refractivity (Wildman–Crippen MR) is 70.3 cm³/mol. The monoisotopic (exact) mass is 225 g/mol. The maximum absolute atomic E-state index is 11.9. The lowest BCUT2D eigenvalue weighted by molar-refractivity contribution is 0.360. The van der Waals surface area contributed by atoms with Crippen LogP contribution in [0.4, 0.5) is 0 Å². The van der Waals surface area contributed by atoms with Crippen molar-refractivity contribution in [3.8, 4) is 5.75 Å². The van der Waals surface area contributed by atoms with E-state index in [-0.39, 0.29) is 5.75 Å². The van der Waals surface area contributed by atoms with Crippen LogP contribution in [-0.2, 0) is 5.11 Å². The van der Waals surface area contributed by atoms with E-state index in [1.165, 1.54) is 0 Å². The van der Waals surface area contributed by atoms with Gasteiger partial charge in [0.2, 0.25) is 0 Å². The van der Waals surface area contributed by atoms with E-state index in [0.29, 0.717) is 0 Å². The van der Waals surface area contributed by atoms with Gasteiger partial charge < -0.3 is 0 Å². The SMILES string of the molecule is [O]c1cc(=CS)c2cccc3cccc1c32. The Morgan fingerprint density at radius 3 is 2.38 bits per heavy atom. The Morgan fingerprint density at radius 2 is 1.69 bits per heavy atom. The van der Waals surface area contributed by atoms with Gasteiger partial charge in [-0.3, -0.25) is 5.11 Å². The molecule has 0 fully saturated rings. The smallest absolute Gasteiger partial charge is 0.187 e. The van der Waals surface area contributed by atoms with E-state index in [9.17, 15) is 5.11 Å². The Bertz CT molecular complexity index is 726. The zero-order valence-corrected chi connectivity index (χ0v) is 9.37. The van der Waals surface area contributed by atoms with Crippen molar-refractivity contribution in [3.63, 3.8) is 0 Å². The molecule has 0 atom stereocenters. The van der Waals surface area contributed by atoms with Crippen LogP contribution in [-0.4, -0.2) is 0 Å². The minimum atomic E-state index is 0.0598. The van der Waals surface area contributed by atoms with Gasteiger partial charge in [0.25, 0.3) is 0 Å². The largest absolute Gasteiger partial charge is 0.289 e. The summed E-state index contributed by atoms with van der Waals surface area (Å²) in [5, 5.41) is 18.5. The van der Waals surface area contributed by atoms with E-state index in [2.05, 4.69) is 12.6 Å². The first-order chi connectivity index (χ1) is 7.81. The van der Waals surface area contributed by atoms with Crippen molar-refractivity contribution < 1.29 is 5.11 Å². The maximum Gasteiger partial charge on any atom is 0.187 e. The van der Waals surface area contributed by atoms with Crippen LogP contribution < -0.4 is 5.22 Å². The molecule has 0 aromatic heterocycles. The minimum absolute atomic E-state index is 0.0598. The lowest BCUT2D eigenvalue weighted by atomic mass is 9.99.